The van der Waals surface area contributed by atoms with E-state index in [9.17, 15) is 19.1 Å². The molecule has 0 aliphatic heterocycles. The van der Waals surface area contributed by atoms with Crippen LogP contribution < -0.4 is 34.7 Å². The van der Waals surface area contributed by atoms with Crippen LogP contribution in [-0.4, -0.2) is 36.0 Å². The van der Waals surface area contributed by atoms with Crippen LogP contribution in [0.4, 0.5) is 4.39 Å². The molecule has 16 heavy (non-hydrogen) atoms. The number of nitrogens with zero attached hydrogens (tertiary/aromatic N) is 1. The molecule has 0 aliphatic rings. The van der Waals surface area contributed by atoms with Gasteiger partial charge in [-0.3, -0.25) is 4.79 Å². The third-order valence-electron chi connectivity index (χ3n) is 2.09. The Morgan fingerprint density at radius 2 is 1.94 bits per heavy atom. The van der Waals surface area contributed by atoms with Crippen LogP contribution in [0.25, 0.3) is 0 Å². The minimum atomic E-state index is -1.59. The fourth-order valence-corrected chi connectivity index (χ4v) is 1.21. The molecule has 0 aliphatic carbocycles. The molecule has 6 heteroatoms. The van der Waals surface area contributed by atoms with E-state index in [1.165, 1.54) is 0 Å². The Morgan fingerprint density at radius 3 is 2.31 bits per heavy atom. The van der Waals surface area contributed by atoms with Gasteiger partial charge in [0.2, 0.25) is 0 Å². The van der Waals surface area contributed by atoms with Gasteiger partial charge in [0.05, 0.1) is 12.5 Å². The fraction of sp³-hybridized carbons (Fsp3) is 0.800. The van der Waals surface area contributed by atoms with Crippen LogP contribution in [-0.2, 0) is 9.59 Å². The van der Waals surface area contributed by atoms with E-state index in [4.69, 9.17) is 0 Å². The van der Waals surface area contributed by atoms with Crippen LogP contribution in [0.5, 0.6) is 0 Å². The number of halogens is 1. The number of alkyl halides is 1. The van der Waals surface area contributed by atoms with E-state index in [0.29, 0.717) is 6.42 Å². The van der Waals surface area contributed by atoms with Gasteiger partial charge in [-0.25, -0.2) is 4.39 Å². The van der Waals surface area contributed by atoms with Gasteiger partial charge in [-0.1, -0.05) is 19.8 Å². The Morgan fingerprint density at radius 1 is 1.38 bits per heavy atom. The smallest absolute Gasteiger partial charge is 0.548 e. The minimum Gasteiger partial charge on any atom is -0.548 e. The Hall–Kier alpha value is -0.130. The van der Waals surface area contributed by atoms with Crippen LogP contribution in [0.2, 0.25) is 0 Å². The summed E-state index contributed by atoms with van der Waals surface area (Å²) in [6.45, 7) is 3.14. The number of carbonyl (C=O) groups is 2. The zero-order chi connectivity index (χ0) is 11.8. The summed E-state index contributed by atoms with van der Waals surface area (Å²) in [6, 6.07) is 0. The maximum Gasteiger partial charge on any atom is 1.00 e. The summed E-state index contributed by atoms with van der Waals surface area (Å²) in [5, 5.41) is 10.3. The number of carboxylic acid groups (broad SMARTS) is 1. The van der Waals surface area contributed by atoms with Gasteiger partial charge in [-0.15, -0.1) is 0 Å². The molecule has 0 spiro atoms. The van der Waals surface area contributed by atoms with Gasteiger partial charge >= 0.3 is 29.6 Å². The second-order valence-electron chi connectivity index (χ2n) is 3.33. The molecule has 1 amide bonds. The van der Waals surface area contributed by atoms with Crippen molar-refractivity contribution in [3.63, 3.8) is 0 Å². The normalized spacial score (nSPS) is 11.4. The molecule has 0 saturated heterocycles. The minimum absolute atomic E-state index is 0. The first kappa shape index (κ1) is 18.2. The zero-order valence-electron chi connectivity index (χ0n) is 10.2. The number of hydrogen-bond donors (Lipinski definition) is 0. The van der Waals surface area contributed by atoms with E-state index in [2.05, 4.69) is 0 Å². The van der Waals surface area contributed by atoms with Gasteiger partial charge in [-0.2, -0.15) is 0 Å². The van der Waals surface area contributed by atoms with Crippen LogP contribution in [0, 0.1) is 0 Å². The van der Waals surface area contributed by atoms with E-state index >= 15 is 0 Å². The van der Waals surface area contributed by atoms with Gasteiger partial charge in [0.15, 0.2) is 6.17 Å². The van der Waals surface area contributed by atoms with Crippen molar-refractivity contribution in [2.45, 2.75) is 39.3 Å². The molecule has 0 saturated carbocycles. The summed E-state index contributed by atoms with van der Waals surface area (Å²) >= 11 is 0. The first-order valence-electron chi connectivity index (χ1n) is 5.15. The van der Waals surface area contributed by atoms with Crippen molar-refractivity contribution in [3.05, 3.63) is 0 Å². The predicted molar refractivity (Wildman–Crippen MR) is 51.7 cm³/mol. The molecule has 0 fully saturated rings. The molecule has 0 aromatic heterocycles. The van der Waals surface area contributed by atoms with E-state index in [1.807, 2.05) is 6.92 Å². The number of unbranched alkanes of at least 4 members (excludes halogenated alkanes) is 1. The number of aliphatic carboxylic acids is 1. The van der Waals surface area contributed by atoms with Crippen molar-refractivity contribution in [1.82, 2.24) is 4.90 Å². The van der Waals surface area contributed by atoms with Crippen molar-refractivity contribution < 1.29 is 48.6 Å². The summed E-state index contributed by atoms with van der Waals surface area (Å²) < 4.78 is 13.3. The summed E-state index contributed by atoms with van der Waals surface area (Å²) in [5.41, 5.74) is 0. The van der Waals surface area contributed by atoms with Crippen LogP contribution in [0.3, 0.4) is 0 Å². The van der Waals surface area contributed by atoms with E-state index in [0.717, 1.165) is 11.3 Å². The number of hydrogen-bond acceptors (Lipinski definition) is 3. The van der Waals surface area contributed by atoms with Crippen molar-refractivity contribution in [3.8, 4) is 0 Å². The predicted octanol–water partition coefficient (Wildman–Crippen LogP) is -2.88. The Labute approximate surface area is 117 Å². The molecule has 0 aromatic carbocycles. The average molecular weight is 241 g/mol. The summed E-state index contributed by atoms with van der Waals surface area (Å²) in [4.78, 5) is 22.6. The summed E-state index contributed by atoms with van der Waals surface area (Å²) in [6.07, 6.45) is -0.0149. The van der Waals surface area contributed by atoms with E-state index < -0.39 is 24.6 Å². The second kappa shape index (κ2) is 10.1. The molecule has 0 rings (SSSR count). The quantitative estimate of drug-likeness (QED) is 0.450. The van der Waals surface area contributed by atoms with Gasteiger partial charge < -0.3 is 14.8 Å². The van der Waals surface area contributed by atoms with Gasteiger partial charge in [0.25, 0.3) is 5.91 Å². The largest absolute Gasteiger partial charge is 1.00 e. The molecular weight excluding hydrogens is 224 g/mol. The third kappa shape index (κ3) is 7.19. The number of likely N-dealkylation sites (N-methyl/N-ethyl adjacent to an activating group) is 1. The molecule has 88 valence electrons. The number of carbonyl (C=O) groups excluding carboxylic acids is 2. The maximum atomic E-state index is 13.3. The topological polar surface area (TPSA) is 60.4 Å². The molecule has 1 atom stereocenters. The molecule has 0 aromatic rings. The standard InChI is InChI=1S/C10H18FNO3.Na/c1-3-5-6-8(11)10(15)12(4-2)7-9(13)14;/h8H,3-7H2,1-2H3,(H,13,14);/q;+1/p-1. The van der Waals surface area contributed by atoms with Crippen LogP contribution >= 0.6 is 0 Å². The molecule has 0 radical (unpaired) electrons. The van der Waals surface area contributed by atoms with Crippen molar-refractivity contribution >= 4 is 11.9 Å². The summed E-state index contributed by atoms with van der Waals surface area (Å²) in [7, 11) is 0. The first-order chi connectivity index (χ1) is 7.02. The van der Waals surface area contributed by atoms with Gasteiger partial charge in [0, 0.05) is 6.54 Å². The molecular formula is C10H17FNNaO3. The van der Waals surface area contributed by atoms with Gasteiger partial charge in [-0.05, 0) is 13.3 Å². The molecule has 4 nitrogen and oxygen atoms in total. The first-order valence-corrected chi connectivity index (χ1v) is 5.15. The van der Waals surface area contributed by atoms with E-state index in [1.54, 1.807) is 6.92 Å². The van der Waals surface area contributed by atoms with E-state index in [-0.39, 0.29) is 42.5 Å². The van der Waals surface area contributed by atoms with Crippen molar-refractivity contribution in [1.29, 1.82) is 0 Å². The Kier molecular flexibility index (Phi) is 11.5. The molecule has 0 heterocycles. The second-order valence-corrected chi connectivity index (χ2v) is 3.33. The Balaban J connectivity index is 0. The zero-order valence-corrected chi connectivity index (χ0v) is 12.2. The number of rotatable bonds is 7. The SMILES string of the molecule is CCCCC(F)C(=O)N(CC)CC(=O)[O-].[Na+]. The molecule has 0 bridgehead atoms. The monoisotopic (exact) mass is 241 g/mol. The maximum absolute atomic E-state index is 13.3. The molecule has 0 N–H and O–H groups in total. The summed E-state index contributed by atoms with van der Waals surface area (Å²) in [5.74, 6) is -2.12. The van der Waals surface area contributed by atoms with Gasteiger partial charge in [0.1, 0.15) is 0 Å². The van der Waals surface area contributed by atoms with Crippen LogP contribution in [0.15, 0.2) is 0 Å². The van der Waals surface area contributed by atoms with Crippen LogP contribution in [0.1, 0.15) is 33.1 Å². The third-order valence-corrected chi connectivity index (χ3v) is 2.09. The molecule has 1 unspecified atom stereocenters. The fourth-order valence-electron chi connectivity index (χ4n) is 1.21. The Bertz CT molecular complexity index is 226. The van der Waals surface area contributed by atoms with Crippen molar-refractivity contribution in [2.75, 3.05) is 13.1 Å². The average Bonchev–Trinajstić information content (AvgIpc) is 2.21. The van der Waals surface area contributed by atoms with Crippen molar-refractivity contribution in [2.24, 2.45) is 0 Å². The number of amides is 1. The number of carboxylic acids is 1.